The van der Waals surface area contributed by atoms with Crippen LogP contribution in [0.15, 0.2) is 12.2 Å². The molecule has 0 atom stereocenters. The first-order valence-electron chi connectivity index (χ1n) is 4.33. The molecule has 0 fully saturated rings. The molecular weight excluding hydrogens is 184 g/mol. The van der Waals surface area contributed by atoms with Gasteiger partial charge in [-0.15, -0.1) is 0 Å². The van der Waals surface area contributed by atoms with Gasteiger partial charge in [-0.25, -0.2) is 0 Å². The van der Waals surface area contributed by atoms with E-state index in [0.717, 1.165) is 0 Å². The number of hydrogen-bond acceptors (Lipinski definition) is 4. The van der Waals surface area contributed by atoms with Crippen molar-refractivity contribution in [2.45, 2.75) is 26.7 Å². The molecule has 0 unspecified atom stereocenters. The van der Waals surface area contributed by atoms with Crippen molar-refractivity contribution in [1.82, 2.24) is 0 Å². The molecule has 0 aliphatic carbocycles. The van der Waals surface area contributed by atoms with Crippen LogP contribution in [-0.4, -0.2) is 24.1 Å². The summed E-state index contributed by atoms with van der Waals surface area (Å²) < 4.78 is 4.56. The standard InChI is InChI=1S/C10H14O4/c1-4-14-10(13)6-8(11)5-9(12)7(2)3/h2,4-6H2,1,3H3. The van der Waals surface area contributed by atoms with E-state index in [1.165, 1.54) is 6.92 Å². The van der Waals surface area contributed by atoms with Gasteiger partial charge in [0.25, 0.3) is 0 Å². The maximum atomic E-state index is 11.1. The van der Waals surface area contributed by atoms with Crippen LogP contribution in [0.3, 0.4) is 0 Å². The van der Waals surface area contributed by atoms with Gasteiger partial charge in [-0.05, 0) is 19.4 Å². The fourth-order valence-electron chi connectivity index (χ4n) is 0.765. The molecule has 0 aromatic heterocycles. The summed E-state index contributed by atoms with van der Waals surface area (Å²) in [5.41, 5.74) is 0.321. The lowest BCUT2D eigenvalue weighted by molar-refractivity contribution is -0.145. The molecule has 0 rings (SSSR count). The minimum Gasteiger partial charge on any atom is -0.466 e. The van der Waals surface area contributed by atoms with Crippen molar-refractivity contribution in [1.29, 1.82) is 0 Å². The first kappa shape index (κ1) is 12.6. The first-order chi connectivity index (χ1) is 6.47. The third kappa shape index (κ3) is 5.24. The summed E-state index contributed by atoms with van der Waals surface area (Å²) in [7, 11) is 0. The van der Waals surface area contributed by atoms with Crippen LogP contribution in [-0.2, 0) is 19.1 Å². The zero-order valence-corrected chi connectivity index (χ0v) is 8.46. The lowest BCUT2D eigenvalue weighted by Gasteiger charge is -2.00. The lowest BCUT2D eigenvalue weighted by atomic mass is 10.1. The molecule has 14 heavy (non-hydrogen) atoms. The predicted octanol–water partition coefficient (Wildman–Crippen LogP) is 1.04. The molecule has 0 heterocycles. The Labute approximate surface area is 82.9 Å². The molecule has 0 saturated heterocycles. The molecule has 4 nitrogen and oxygen atoms in total. The van der Waals surface area contributed by atoms with Gasteiger partial charge in [-0.2, -0.15) is 0 Å². The smallest absolute Gasteiger partial charge is 0.313 e. The maximum absolute atomic E-state index is 11.1. The van der Waals surface area contributed by atoms with Crippen LogP contribution in [0.25, 0.3) is 0 Å². The zero-order valence-electron chi connectivity index (χ0n) is 8.46. The van der Waals surface area contributed by atoms with Crippen molar-refractivity contribution in [3.05, 3.63) is 12.2 Å². The number of allylic oxidation sites excluding steroid dienone is 1. The van der Waals surface area contributed by atoms with Crippen molar-refractivity contribution in [2.24, 2.45) is 0 Å². The van der Waals surface area contributed by atoms with Crippen molar-refractivity contribution >= 4 is 17.5 Å². The van der Waals surface area contributed by atoms with E-state index in [-0.39, 0.29) is 25.2 Å². The Morgan fingerprint density at radius 1 is 1.21 bits per heavy atom. The summed E-state index contributed by atoms with van der Waals surface area (Å²) in [4.78, 5) is 32.9. The molecule has 0 spiro atoms. The van der Waals surface area contributed by atoms with Gasteiger partial charge in [-0.1, -0.05) is 6.58 Å². The molecule has 0 aliphatic rings. The molecule has 0 amide bonds. The highest BCUT2D eigenvalue weighted by Gasteiger charge is 2.14. The van der Waals surface area contributed by atoms with E-state index < -0.39 is 11.8 Å². The van der Waals surface area contributed by atoms with Gasteiger partial charge in [-0.3, -0.25) is 14.4 Å². The SMILES string of the molecule is C=C(C)C(=O)CC(=O)CC(=O)OCC. The fraction of sp³-hybridized carbons (Fsp3) is 0.500. The summed E-state index contributed by atoms with van der Waals surface area (Å²) in [5.74, 6) is -1.36. The van der Waals surface area contributed by atoms with Crippen LogP contribution in [0.5, 0.6) is 0 Å². The van der Waals surface area contributed by atoms with Crippen molar-refractivity contribution in [3.8, 4) is 0 Å². The fourth-order valence-corrected chi connectivity index (χ4v) is 0.765. The summed E-state index contributed by atoms with van der Waals surface area (Å²) >= 11 is 0. The van der Waals surface area contributed by atoms with Crippen molar-refractivity contribution in [3.63, 3.8) is 0 Å². The van der Waals surface area contributed by atoms with Crippen LogP contribution in [0, 0.1) is 0 Å². The van der Waals surface area contributed by atoms with E-state index in [0.29, 0.717) is 5.57 Å². The summed E-state index contributed by atoms with van der Waals surface area (Å²) in [5, 5.41) is 0. The summed E-state index contributed by atoms with van der Waals surface area (Å²) in [6.07, 6.45) is -0.610. The van der Waals surface area contributed by atoms with E-state index in [9.17, 15) is 14.4 Å². The van der Waals surface area contributed by atoms with Crippen LogP contribution in [0.2, 0.25) is 0 Å². The maximum Gasteiger partial charge on any atom is 0.313 e. The van der Waals surface area contributed by atoms with E-state index in [2.05, 4.69) is 11.3 Å². The first-order valence-corrected chi connectivity index (χ1v) is 4.33. The number of esters is 1. The number of ether oxygens (including phenoxy) is 1. The Hall–Kier alpha value is -1.45. The number of carbonyl (C=O) groups excluding carboxylic acids is 3. The number of hydrogen-bond donors (Lipinski definition) is 0. The van der Waals surface area contributed by atoms with Gasteiger partial charge in [0.1, 0.15) is 6.42 Å². The van der Waals surface area contributed by atoms with Crippen LogP contribution in [0.1, 0.15) is 26.7 Å². The third-order valence-corrected chi connectivity index (χ3v) is 1.48. The Bertz CT molecular complexity index is 265. The molecule has 0 N–H and O–H groups in total. The highest BCUT2D eigenvalue weighted by atomic mass is 16.5. The molecule has 0 saturated carbocycles. The lowest BCUT2D eigenvalue weighted by Crippen LogP contribution is -2.14. The van der Waals surface area contributed by atoms with Gasteiger partial charge in [0.15, 0.2) is 11.6 Å². The third-order valence-electron chi connectivity index (χ3n) is 1.48. The number of carbonyl (C=O) groups is 3. The molecule has 0 aromatic rings. The van der Waals surface area contributed by atoms with Crippen LogP contribution >= 0.6 is 0 Å². The Morgan fingerprint density at radius 2 is 1.79 bits per heavy atom. The second kappa shape index (κ2) is 6.07. The van der Waals surface area contributed by atoms with Gasteiger partial charge in [0.05, 0.1) is 13.0 Å². The van der Waals surface area contributed by atoms with E-state index in [4.69, 9.17) is 0 Å². The van der Waals surface area contributed by atoms with E-state index in [1.807, 2.05) is 0 Å². The molecule has 0 bridgehead atoms. The van der Waals surface area contributed by atoms with Crippen molar-refractivity contribution < 1.29 is 19.1 Å². The minimum atomic E-state index is -0.591. The molecule has 0 radical (unpaired) electrons. The predicted molar refractivity (Wildman–Crippen MR) is 50.7 cm³/mol. The Balaban J connectivity index is 3.93. The number of ketones is 2. The van der Waals surface area contributed by atoms with E-state index >= 15 is 0 Å². The van der Waals surface area contributed by atoms with E-state index in [1.54, 1.807) is 6.92 Å². The highest BCUT2D eigenvalue weighted by molar-refractivity contribution is 6.10. The molecule has 0 aromatic carbocycles. The summed E-state index contributed by atoms with van der Waals surface area (Å²) in [6, 6.07) is 0. The number of Topliss-reactive ketones (excluding diaryl/α,β-unsaturated/α-hetero) is 2. The number of rotatable bonds is 6. The van der Waals surface area contributed by atoms with Gasteiger partial charge in [0, 0.05) is 0 Å². The average molecular weight is 198 g/mol. The van der Waals surface area contributed by atoms with Crippen LogP contribution < -0.4 is 0 Å². The van der Waals surface area contributed by atoms with Gasteiger partial charge in [0.2, 0.25) is 0 Å². The molecular formula is C10H14O4. The zero-order chi connectivity index (χ0) is 11.1. The molecule has 78 valence electrons. The topological polar surface area (TPSA) is 60.4 Å². The average Bonchev–Trinajstić information content (AvgIpc) is 2.03. The second-order valence-corrected chi connectivity index (χ2v) is 2.90. The monoisotopic (exact) mass is 198 g/mol. The second-order valence-electron chi connectivity index (χ2n) is 2.90. The normalized spacial score (nSPS) is 9.29. The highest BCUT2D eigenvalue weighted by Crippen LogP contribution is 2.00. The van der Waals surface area contributed by atoms with Gasteiger partial charge < -0.3 is 4.74 Å². The molecule has 0 aliphatic heterocycles. The Kier molecular flexibility index (Phi) is 5.44. The van der Waals surface area contributed by atoms with Crippen LogP contribution in [0.4, 0.5) is 0 Å². The molecule has 4 heteroatoms. The quantitative estimate of drug-likeness (QED) is 0.363. The largest absolute Gasteiger partial charge is 0.466 e. The van der Waals surface area contributed by atoms with Crippen molar-refractivity contribution in [2.75, 3.05) is 6.61 Å². The minimum absolute atomic E-state index is 0.237. The van der Waals surface area contributed by atoms with Gasteiger partial charge >= 0.3 is 5.97 Å². The summed E-state index contributed by atoms with van der Waals surface area (Å²) in [6.45, 7) is 6.82. The Morgan fingerprint density at radius 3 is 2.21 bits per heavy atom.